The average Bonchev–Trinajstić information content (AvgIpc) is 2.16. The molecular formula is C12H17NO2. The second-order valence-electron chi connectivity index (χ2n) is 4.26. The van der Waals surface area contributed by atoms with E-state index in [4.69, 9.17) is 4.74 Å². The van der Waals surface area contributed by atoms with E-state index in [0.29, 0.717) is 19.7 Å². The molecule has 2 N–H and O–H groups in total. The molecule has 0 saturated carbocycles. The van der Waals surface area contributed by atoms with E-state index < -0.39 is 5.60 Å². The van der Waals surface area contributed by atoms with E-state index in [0.717, 1.165) is 12.0 Å². The Morgan fingerprint density at radius 1 is 1.40 bits per heavy atom. The Kier molecular flexibility index (Phi) is 3.05. The van der Waals surface area contributed by atoms with E-state index >= 15 is 0 Å². The highest BCUT2D eigenvalue weighted by atomic mass is 16.5. The maximum absolute atomic E-state index is 9.99. The Balaban J connectivity index is 2.04. The van der Waals surface area contributed by atoms with Crippen LogP contribution in [-0.2, 0) is 17.8 Å². The van der Waals surface area contributed by atoms with Crippen molar-refractivity contribution in [2.75, 3.05) is 20.2 Å². The van der Waals surface area contributed by atoms with E-state index in [1.165, 1.54) is 5.56 Å². The van der Waals surface area contributed by atoms with E-state index in [1.54, 1.807) is 7.11 Å². The van der Waals surface area contributed by atoms with E-state index in [2.05, 4.69) is 17.4 Å². The lowest BCUT2D eigenvalue weighted by atomic mass is 9.89. The Labute approximate surface area is 90.1 Å². The second kappa shape index (κ2) is 4.31. The number of β-amino-alcohol motifs (C(OH)–C–C–N with tert-alkyl or cyclic N) is 1. The smallest absolute Gasteiger partial charge is 0.0935 e. The summed E-state index contributed by atoms with van der Waals surface area (Å²) in [7, 11) is 1.69. The summed E-state index contributed by atoms with van der Waals surface area (Å²) in [5.41, 5.74) is 1.80. The van der Waals surface area contributed by atoms with Gasteiger partial charge in [0.2, 0.25) is 0 Å². The van der Waals surface area contributed by atoms with Crippen LogP contribution >= 0.6 is 0 Å². The molecule has 0 atom stereocenters. The quantitative estimate of drug-likeness (QED) is 0.764. The first-order valence-corrected chi connectivity index (χ1v) is 5.22. The summed E-state index contributed by atoms with van der Waals surface area (Å²) in [4.78, 5) is 0. The number of benzene rings is 1. The maximum Gasteiger partial charge on any atom is 0.0935 e. The van der Waals surface area contributed by atoms with Crippen molar-refractivity contribution in [2.45, 2.75) is 18.6 Å². The van der Waals surface area contributed by atoms with Gasteiger partial charge in [-0.1, -0.05) is 24.3 Å². The Morgan fingerprint density at radius 2 is 2.13 bits per heavy atom. The van der Waals surface area contributed by atoms with E-state index in [-0.39, 0.29) is 0 Å². The molecule has 0 radical (unpaired) electrons. The molecule has 3 heteroatoms. The molecule has 1 heterocycles. The van der Waals surface area contributed by atoms with Crippen LogP contribution in [0.4, 0.5) is 0 Å². The molecule has 82 valence electrons. The molecule has 0 unspecified atom stereocenters. The van der Waals surface area contributed by atoms with Crippen LogP contribution in [0.1, 0.15) is 11.1 Å². The van der Waals surface area contributed by atoms with Crippen LogP contribution in [0.15, 0.2) is 24.3 Å². The molecule has 0 aromatic heterocycles. The lowest BCUT2D eigenvalue weighted by molar-refractivity contribution is -0.00904. The molecular weight excluding hydrogens is 190 g/mol. The number of rotatable bonds is 4. The molecule has 1 aliphatic rings. The predicted molar refractivity (Wildman–Crippen MR) is 58.7 cm³/mol. The SMILES string of the molecule is COCc1cccc(CC2(O)CNC2)c1. The third kappa shape index (κ3) is 2.56. The molecule has 1 aromatic rings. The van der Waals surface area contributed by atoms with E-state index in [9.17, 15) is 5.11 Å². The zero-order valence-electron chi connectivity index (χ0n) is 8.99. The number of nitrogens with one attached hydrogen (secondary N) is 1. The lowest BCUT2D eigenvalue weighted by Crippen LogP contribution is -2.60. The van der Waals surface area contributed by atoms with Crippen molar-refractivity contribution in [3.8, 4) is 0 Å². The summed E-state index contributed by atoms with van der Waals surface area (Å²) >= 11 is 0. The summed E-state index contributed by atoms with van der Waals surface area (Å²) < 4.78 is 5.08. The van der Waals surface area contributed by atoms with Crippen molar-refractivity contribution < 1.29 is 9.84 Å². The minimum Gasteiger partial charge on any atom is -0.387 e. The average molecular weight is 207 g/mol. The van der Waals surface area contributed by atoms with Crippen molar-refractivity contribution in [1.29, 1.82) is 0 Å². The Bertz CT molecular complexity index is 334. The van der Waals surface area contributed by atoms with Gasteiger partial charge in [-0.25, -0.2) is 0 Å². The first-order valence-electron chi connectivity index (χ1n) is 5.22. The van der Waals surface area contributed by atoms with Crippen LogP contribution in [0.5, 0.6) is 0 Å². The molecule has 0 spiro atoms. The standard InChI is InChI=1S/C12H17NO2/c1-15-7-11-4-2-3-10(5-11)6-12(14)8-13-9-12/h2-5,13-14H,6-9H2,1H3. The van der Waals surface area contributed by atoms with Gasteiger partial charge in [0.15, 0.2) is 0 Å². The summed E-state index contributed by atoms with van der Waals surface area (Å²) in [5, 5.41) is 13.1. The Hall–Kier alpha value is -0.900. The number of aliphatic hydroxyl groups is 1. The van der Waals surface area contributed by atoms with Crippen molar-refractivity contribution in [2.24, 2.45) is 0 Å². The van der Waals surface area contributed by atoms with Crippen LogP contribution in [0.3, 0.4) is 0 Å². The van der Waals surface area contributed by atoms with Crippen LogP contribution in [-0.4, -0.2) is 30.9 Å². The third-order valence-corrected chi connectivity index (χ3v) is 2.74. The van der Waals surface area contributed by atoms with Gasteiger partial charge in [-0.05, 0) is 11.1 Å². The summed E-state index contributed by atoms with van der Waals surface area (Å²) in [6, 6.07) is 8.20. The topological polar surface area (TPSA) is 41.5 Å². The maximum atomic E-state index is 9.99. The molecule has 1 aromatic carbocycles. The minimum atomic E-state index is -0.536. The first-order chi connectivity index (χ1) is 7.22. The molecule has 0 amide bonds. The predicted octanol–water partition coefficient (Wildman–Crippen LogP) is 0.710. The number of methoxy groups -OCH3 is 1. The number of hydrogen-bond donors (Lipinski definition) is 2. The molecule has 3 nitrogen and oxygen atoms in total. The highest BCUT2D eigenvalue weighted by Gasteiger charge is 2.34. The van der Waals surface area contributed by atoms with Gasteiger partial charge in [0.05, 0.1) is 12.2 Å². The molecule has 0 bridgehead atoms. The van der Waals surface area contributed by atoms with Crippen molar-refractivity contribution in [3.05, 3.63) is 35.4 Å². The Morgan fingerprint density at radius 3 is 2.73 bits per heavy atom. The monoisotopic (exact) mass is 207 g/mol. The van der Waals surface area contributed by atoms with E-state index in [1.807, 2.05) is 12.1 Å². The van der Waals surface area contributed by atoms with Gasteiger partial charge >= 0.3 is 0 Å². The first kappa shape index (κ1) is 10.6. The van der Waals surface area contributed by atoms with Crippen LogP contribution in [0, 0.1) is 0 Å². The molecule has 1 fully saturated rings. The molecule has 1 aliphatic heterocycles. The van der Waals surface area contributed by atoms with Gasteiger partial charge in [-0.3, -0.25) is 0 Å². The third-order valence-electron chi connectivity index (χ3n) is 2.74. The van der Waals surface area contributed by atoms with Crippen molar-refractivity contribution in [3.63, 3.8) is 0 Å². The van der Waals surface area contributed by atoms with Crippen LogP contribution in [0.2, 0.25) is 0 Å². The molecule has 15 heavy (non-hydrogen) atoms. The van der Waals surface area contributed by atoms with Gasteiger partial charge in [-0.2, -0.15) is 0 Å². The highest BCUT2D eigenvalue weighted by Crippen LogP contribution is 2.18. The van der Waals surface area contributed by atoms with Gasteiger partial charge in [0.1, 0.15) is 0 Å². The number of ether oxygens (including phenoxy) is 1. The van der Waals surface area contributed by atoms with Gasteiger partial charge in [0.25, 0.3) is 0 Å². The largest absolute Gasteiger partial charge is 0.387 e. The zero-order valence-corrected chi connectivity index (χ0v) is 8.99. The summed E-state index contributed by atoms with van der Waals surface area (Å²) in [6.45, 7) is 2.02. The second-order valence-corrected chi connectivity index (χ2v) is 4.26. The summed E-state index contributed by atoms with van der Waals surface area (Å²) in [5.74, 6) is 0. The normalized spacial score (nSPS) is 18.5. The minimum absolute atomic E-state index is 0.536. The van der Waals surface area contributed by atoms with Crippen molar-refractivity contribution in [1.82, 2.24) is 5.32 Å². The zero-order chi connectivity index (χ0) is 10.7. The highest BCUT2D eigenvalue weighted by molar-refractivity contribution is 5.25. The summed E-state index contributed by atoms with van der Waals surface area (Å²) in [6.07, 6.45) is 0.720. The van der Waals surface area contributed by atoms with Gasteiger partial charge < -0.3 is 15.2 Å². The van der Waals surface area contributed by atoms with Gasteiger partial charge in [0, 0.05) is 26.6 Å². The van der Waals surface area contributed by atoms with Crippen LogP contribution in [0.25, 0.3) is 0 Å². The molecule has 2 rings (SSSR count). The fraction of sp³-hybridized carbons (Fsp3) is 0.500. The lowest BCUT2D eigenvalue weighted by Gasteiger charge is -2.37. The van der Waals surface area contributed by atoms with Crippen molar-refractivity contribution >= 4 is 0 Å². The van der Waals surface area contributed by atoms with Crippen LogP contribution < -0.4 is 5.32 Å². The fourth-order valence-electron chi connectivity index (χ4n) is 1.91. The molecule has 1 saturated heterocycles. The number of hydrogen-bond acceptors (Lipinski definition) is 3. The molecule has 0 aliphatic carbocycles. The van der Waals surface area contributed by atoms with Gasteiger partial charge in [-0.15, -0.1) is 0 Å². The fourth-order valence-corrected chi connectivity index (χ4v) is 1.91.